The van der Waals surface area contributed by atoms with Crippen molar-refractivity contribution in [3.05, 3.63) is 65.8 Å². The number of halogens is 1. The van der Waals surface area contributed by atoms with Crippen LogP contribution in [0.1, 0.15) is 13.8 Å². The lowest BCUT2D eigenvalue weighted by Crippen LogP contribution is -2.29. The van der Waals surface area contributed by atoms with E-state index in [9.17, 15) is 0 Å². The highest BCUT2D eigenvalue weighted by Crippen LogP contribution is 2.35. The van der Waals surface area contributed by atoms with Gasteiger partial charge in [0.15, 0.2) is 11.6 Å². The van der Waals surface area contributed by atoms with Crippen molar-refractivity contribution in [3.8, 4) is 22.5 Å². The van der Waals surface area contributed by atoms with E-state index in [4.69, 9.17) is 27.3 Å². The molecule has 32 heavy (non-hydrogen) atoms. The minimum Gasteiger partial charge on any atom is -0.381 e. The lowest BCUT2D eigenvalue weighted by atomic mass is 10.0. The van der Waals surface area contributed by atoms with Gasteiger partial charge in [-0.25, -0.2) is 9.97 Å². The van der Waals surface area contributed by atoms with E-state index in [1.165, 1.54) is 0 Å². The number of nitrogen functional groups attached to an aromatic ring is 1. The number of rotatable bonds is 8. The summed E-state index contributed by atoms with van der Waals surface area (Å²) in [6, 6.07) is 17.8. The minimum absolute atomic E-state index is 0.376. The Morgan fingerprint density at radius 3 is 2.44 bits per heavy atom. The maximum Gasteiger partial charge on any atom is 0.169 e. The van der Waals surface area contributed by atoms with Gasteiger partial charge in [-0.1, -0.05) is 61.8 Å². The lowest BCUT2D eigenvalue weighted by Gasteiger charge is -2.19. The maximum atomic E-state index is 6.58. The number of benzene rings is 2. The van der Waals surface area contributed by atoms with Gasteiger partial charge in [0.25, 0.3) is 0 Å². The molecule has 0 bridgehead atoms. The summed E-state index contributed by atoms with van der Waals surface area (Å²) >= 11 is 6.58. The summed E-state index contributed by atoms with van der Waals surface area (Å²) in [7, 11) is 0. The Morgan fingerprint density at radius 2 is 1.69 bits per heavy atom. The van der Waals surface area contributed by atoms with Gasteiger partial charge in [-0.15, -0.1) is 0 Å². The van der Waals surface area contributed by atoms with Crippen molar-refractivity contribution in [1.29, 1.82) is 0 Å². The minimum atomic E-state index is 0.376. The molecule has 3 N–H and O–H groups in total. The molecule has 2 aromatic heterocycles. The Morgan fingerprint density at radius 1 is 0.938 bits per heavy atom. The Balaban J connectivity index is 1.80. The van der Waals surface area contributed by atoms with Gasteiger partial charge in [0.2, 0.25) is 0 Å². The van der Waals surface area contributed by atoms with Crippen LogP contribution < -0.4 is 11.1 Å². The van der Waals surface area contributed by atoms with E-state index < -0.39 is 0 Å². The molecule has 0 saturated carbocycles. The highest BCUT2D eigenvalue weighted by Gasteiger charge is 2.17. The number of anilines is 2. The molecular formula is C25H27ClN6. The molecule has 0 aliphatic heterocycles. The third kappa shape index (κ3) is 4.66. The summed E-state index contributed by atoms with van der Waals surface area (Å²) in [5.41, 5.74) is 10.3. The number of likely N-dealkylation sites (N-methyl/N-ethyl adjacent to an activating group) is 1. The standard InChI is InChI=1S/C25H27ClN6/c1-3-32(4-2)14-13-29-25-24(27)30-22(17-9-6-5-7-10-17)23(31-25)19-15-18-11-8-12-28-21(18)20(26)16-19/h5-12,15-16H,3-4,13-14H2,1-2H3,(H2,27,30)(H,29,31). The molecule has 0 amide bonds. The highest BCUT2D eigenvalue weighted by atomic mass is 35.5. The predicted molar refractivity (Wildman–Crippen MR) is 134 cm³/mol. The average molecular weight is 447 g/mol. The van der Waals surface area contributed by atoms with Gasteiger partial charge in [-0.05, 0) is 31.3 Å². The molecule has 4 rings (SSSR count). The van der Waals surface area contributed by atoms with Crippen molar-refractivity contribution in [2.24, 2.45) is 0 Å². The van der Waals surface area contributed by atoms with Gasteiger partial charge in [0, 0.05) is 35.8 Å². The summed E-state index contributed by atoms with van der Waals surface area (Å²) in [5.74, 6) is 0.954. The van der Waals surface area contributed by atoms with Gasteiger partial charge < -0.3 is 16.0 Å². The number of pyridine rings is 1. The third-order valence-corrected chi connectivity index (χ3v) is 5.80. The molecule has 0 aliphatic rings. The quantitative estimate of drug-likeness (QED) is 0.380. The van der Waals surface area contributed by atoms with Crippen LogP contribution in [0.2, 0.25) is 5.02 Å². The molecule has 4 aromatic rings. The van der Waals surface area contributed by atoms with Crippen molar-refractivity contribution < 1.29 is 0 Å². The maximum absolute atomic E-state index is 6.58. The van der Waals surface area contributed by atoms with Gasteiger partial charge >= 0.3 is 0 Å². The first-order valence-corrected chi connectivity index (χ1v) is 11.2. The molecule has 0 atom stereocenters. The van der Waals surface area contributed by atoms with Crippen molar-refractivity contribution in [3.63, 3.8) is 0 Å². The smallest absolute Gasteiger partial charge is 0.169 e. The molecule has 2 aromatic carbocycles. The number of nitrogens with two attached hydrogens (primary N) is 1. The van der Waals surface area contributed by atoms with Crippen LogP contribution in [0.15, 0.2) is 60.8 Å². The third-order valence-electron chi connectivity index (χ3n) is 5.52. The Kier molecular flexibility index (Phi) is 6.83. The second-order valence-corrected chi connectivity index (χ2v) is 7.91. The van der Waals surface area contributed by atoms with Gasteiger partial charge in [0.1, 0.15) is 0 Å². The Hall–Kier alpha value is -3.22. The van der Waals surface area contributed by atoms with Gasteiger partial charge in [-0.3, -0.25) is 4.98 Å². The second-order valence-electron chi connectivity index (χ2n) is 7.51. The first-order valence-electron chi connectivity index (χ1n) is 10.8. The van der Waals surface area contributed by atoms with Crippen molar-refractivity contribution >= 4 is 34.1 Å². The molecule has 0 saturated heterocycles. The van der Waals surface area contributed by atoms with Gasteiger partial charge in [-0.2, -0.15) is 0 Å². The first-order chi connectivity index (χ1) is 15.6. The zero-order valence-electron chi connectivity index (χ0n) is 18.3. The van der Waals surface area contributed by atoms with Crippen molar-refractivity contribution in [1.82, 2.24) is 19.9 Å². The Bertz CT molecular complexity index is 1210. The fraction of sp³-hybridized carbons (Fsp3) is 0.240. The molecular weight excluding hydrogens is 420 g/mol. The number of nitrogens with zero attached hydrogens (tertiary/aromatic N) is 4. The van der Waals surface area contributed by atoms with Crippen molar-refractivity contribution in [2.75, 3.05) is 37.2 Å². The zero-order valence-corrected chi connectivity index (χ0v) is 19.1. The normalized spacial score (nSPS) is 11.2. The van der Waals surface area contributed by atoms with E-state index in [2.05, 4.69) is 29.0 Å². The van der Waals surface area contributed by atoms with E-state index in [1.54, 1.807) is 6.20 Å². The Labute approximate surface area is 193 Å². The fourth-order valence-electron chi connectivity index (χ4n) is 3.73. The zero-order chi connectivity index (χ0) is 22.5. The molecule has 0 unspecified atom stereocenters. The van der Waals surface area contributed by atoms with Crippen LogP contribution in [0, 0.1) is 0 Å². The summed E-state index contributed by atoms with van der Waals surface area (Å²) in [6.07, 6.45) is 1.74. The van der Waals surface area contributed by atoms with Crippen LogP contribution in [-0.4, -0.2) is 46.0 Å². The lowest BCUT2D eigenvalue weighted by molar-refractivity contribution is 0.316. The second kappa shape index (κ2) is 9.94. The van der Waals surface area contributed by atoms with Crippen LogP contribution in [-0.2, 0) is 0 Å². The number of nitrogens with one attached hydrogen (secondary N) is 1. The van der Waals surface area contributed by atoms with Crippen LogP contribution in [0.4, 0.5) is 11.6 Å². The SMILES string of the molecule is CCN(CC)CCNc1nc(-c2cc(Cl)c3ncccc3c2)c(-c2ccccc2)nc1N. The predicted octanol–water partition coefficient (Wildman–Crippen LogP) is 5.35. The highest BCUT2D eigenvalue weighted by molar-refractivity contribution is 6.35. The van der Waals surface area contributed by atoms with E-state index in [1.807, 2.05) is 54.6 Å². The molecule has 2 heterocycles. The largest absolute Gasteiger partial charge is 0.381 e. The molecule has 0 fully saturated rings. The fourth-order valence-corrected chi connectivity index (χ4v) is 4.01. The average Bonchev–Trinajstić information content (AvgIpc) is 2.83. The topological polar surface area (TPSA) is 80.0 Å². The number of aromatic nitrogens is 3. The summed E-state index contributed by atoms with van der Waals surface area (Å²) in [4.78, 5) is 16.4. The van der Waals surface area contributed by atoms with Crippen LogP contribution in [0.5, 0.6) is 0 Å². The molecule has 0 spiro atoms. The van der Waals surface area contributed by atoms with Crippen molar-refractivity contribution in [2.45, 2.75) is 13.8 Å². The van der Waals surface area contributed by atoms with E-state index in [0.717, 1.165) is 59.6 Å². The van der Waals surface area contributed by atoms with Crippen LogP contribution in [0.3, 0.4) is 0 Å². The molecule has 0 radical (unpaired) electrons. The van der Waals surface area contributed by atoms with Gasteiger partial charge in [0.05, 0.1) is 21.9 Å². The summed E-state index contributed by atoms with van der Waals surface area (Å²) < 4.78 is 0. The summed E-state index contributed by atoms with van der Waals surface area (Å²) in [6.45, 7) is 7.94. The molecule has 164 valence electrons. The summed E-state index contributed by atoms with van der Waals surface area (Å²) in [5, 5.41) is 4.89. The van der Waals surface area contributed by atoms with Crippen LogP contribution in [0.25, 0.3) is 33.4 Å². The monoisotopic (exact) mass is 446 g/mol. The van der Waals surface area contributed by atoms with E-state index in [-0.39, 0.29) is 0 Å². The molecule has 7 heteroatoms. The number of fused-ring (bicyclic) bond motifs is 1. The first kappa shape index (κ1) is 22.0. The van der Waals surface area contributed by atoms with Crippen LogP contribution >= 0.6 is 11.6 Å². The van der Waals surface area contributed by atoms with E-state index >= 15 is 0 Å². The molecule has 6 nitrogen and oxygen atoms in total. The number of hydrogen-bond donors (Lipinski definition) is 2. The van der Waals surface area contributed by atoms with E-state index in [0.29, 0.717) is 16.7 Å². The number of hydrogen-bond acceptors (Lipinski definition) is 6. The molecule has 0 aliphatic carbocycles.